The lowest BCUT2D eigenvalue weighted by Crippen LogP contribution is -2.42. The Bertz CT molecular complexity index is 1060. The molecular weight excluding hydrogens is 424 g/mol. The third-order valence-electron chi connectivity index (χ3n) is 7.08. The maximum Gasteiger partial charge on any atom is 0.133 e. The predicted molar refractivity (Wildman–Crippen MR) is 138 cm³/mol. The molecule has 34 heavy (non-hydrogen) atoms. The number of nitrogens with zero attached hydrogens (tertiary/aromatic N) is 3. The second-order valence-electron chi connectivity index (χ2n) is 9.28. The van der Waals surface area contributed by atoms with E-state index < -0.39 is 0 Å². The normalized spacial score (nSPS) is 18.2. The molecule has 0 spiro atoms. The van der Waals surface area contributed by atoms with Crippen LogP contribution in [-0.4, -0.2) is 62.9 Å². The molecule has 2 fully saturated rings. The van der Waals surface area contributed by atoms with Gasteiger partial charge in [-0.1, -0.05) is 30.3 Å². The summed E-state index contributed by atoms with van der Waals surface area (Å²) in [4.78, 5) is 10.1. The number of ether oxygens (including phenoxy) is 2. The molecule has 1 aromatic heterocycles. The van der Waals surface area contributed by atoms with E-state index in [4.69, 9.17) is 14.5 Å². The Labute approximate surface area is 202 Å². The van der Waals surface area contributed by atoms with Gasteiger partial charge < -0.3 is 19.7 Å². The number of benzene rings is 2. The number of para-hydroxylation sites is 1. The average molecular weight is 461 g/mol. The van der Waals surface area contributed by atoms with E-state index >= 15 is 0 Å². The maximum atomic E-state index is 5.62. The van der Waals surface area contributed by atoms with Gasteiger partial charge in [0, 0.05) is 56.3 Å². The van der Waals surface area contributed by atoms with E-state index in [1.165, 1.54) is 35.8 Å². The van der Waals surface area contributed by atoms with Gasteiger partial charge in [-0.25, -0.2) is 4.98 Å². The molecule has 2 saturated heterocycles. The second kappa shape index (κ2) is 11.2. The molecule has 3 aromatic rings. The van der Waals surface area contributed by atoms with Gasteiger partial charge in [0.2, 0.25) is 0 Å². The van der Waals surface area contributed by atoms with Crippen molar-refractivity contribution in [1.82, 2.24) is 15.2 Å². The Kier molecular flexibility index (Phi) is 7.59. The zero-order chi connectivity index (χ0) is 23.2. The number of anilines is 1. The van der Waals surface area contributed by atoms with Crippen LogP contribution in [0.2, 0.25) is 0 Å². The third-order valence-corrected chi connectivity index (χ3v) is 7.08. The standard InChI is InChI=1S/C28H36N4O2/c1-33-25-11-9-22(10-12-25)27(31-15-17-34-18-16-31)21-29-20-24-19-23-7-3-4-8-26(23)30-28(24)32-13-5-2-6-14-32/h3-4,7-12,19,27,29H,2,5-6,13-18,20-21H2,1H3. The number of pyridine rings is 1. The molecule has 0 aliphatic carbocycles. The summed E-state index contributed by atoms with van der Waals surface area (Å²) >= 11 is 0. The molecule has 2 aliphatic heterocycles. The molecule has 6 heteroatoms. The molecule has 0 amide bonds. The summed E-state index contributed by atoms with van der Waals surface area (Å²) < 4.78 is 11.0. The number of aromatic nitrogens is 1. The van der Waals surface area contributed by atoms with Crippen LogP contribution in [0.3, 0.4) is 0 Å². The van der Waals surface area contributed by atoms with Crippen LogP contribution < -0.4 is 15.0 Å². The summed E-state index contributed by atoms with van der Waals surface area (Å²) in [7, 11) is 1.72. The average Bonchev–Trinajstić information content (AvgIpc) is 2.92. The molecule has 0 radical (unpaired) electrons. The van der Waals surface area contributed by atoms with Gasteiger partial charge >= 0.3 is 0 Å². The molecule has 0 bridgehead atoms. The van der Waals surface area contributed by atoms with E-state index in [1.54, 1.807) is 7.11 Å². The Balaban J connectivity index is 1.36. The number of hydrogen-bond acceptors (Lipinski definition) is 6. The first-order valence-corrected chi connectivity index (χ1v) is 12.6. The van der Waals surface area contributed by atoms with Crippen LogP contribution in [0.1, 0.15) is 36.4 Å². The van der Waals surface area contributed by atoms with Gasteiger partial charge in [-0.15, -0.1) is 0 Å². The lowest BCUT2D eigenvalue weighted by molar-refractivity contribution is 0.0161. The summed E-state index contributed by atoms with van der Waals surface area (Å²) in [6.45, 7) is 7.37. The molecule has 2 aliphatic rings. The second-order valence-corrected chi connectivity index (χ2v) is 9.28. The van der Waals surface area contributed by atoms with Crippen molar-refractivity contribution in [3.63, 3.8) is 0 Å². The number of hydrogen-bond donors (Lipinski definition) is 1. The van der Waals surface area contributed by atoms with E-state index in [1.807, 2.05) is 0 Å². The molecule has 5 rings (SSSR count). The Hall–Kier alpha value is -2.67. The number of morpholine rings is 1. The maximum absolute atomic E-state index is 5.62. The van der Waals surface area contributed by atoms with Crippen molar-refractivity contribution in [1.29, 1.82) is 0 Å². The summed E-state index contributed by atoms with van der Waals surface area (Å²) in [6.07, 6.45) is 3.82. The number of nitrogens with one attached hydrogen (secondary N) is 1. The van der Waals surface area contributed by atoms with Gasteiger partial charge in [-0.3, -0.25) is 4.90 Å². The van der Waals surface area contributed by atoms with Crippen LogP contribution in [0.5, 0.6) is 5.75 Å². The van der Waals surface area contributed by atoms with Crippen molar-refractivity contribution in [3.8, 4) is 5.75 Å². The highest BCUT2D eigenvalue weighted by Gasteiger charge is 2.23. The van der Waals surface area contributed by atoms with Crippen LogP contribution in [-0.2, 0) is 11.3 Å². The highest BCUT2D eigenvalue weighted by Crippen LogP contribution is 2.27. The minimum absolute atomic E-state index is 0.293. The number of fused-ring (bicyclic) bond motifs is 1. The number of rotatable bonds is 8. The highest BCUT2D eigenvalue weighted by molar-refractivity contribution is 5.81. The van der Waals surface area contributed by atoms with Gasteiger partial charge in [0.1, 0.15) is 11.6 Å². The lowest BCUT2D eigenvalue weighted by Gasteiger charge is -2.35. The van der Waals surface area contributed by atoms with Crippen molar-refractivity contribution < 1.29 is 9.47 Å². The van der Waals surface area contributed by atoms with Crippen LogP contribution in [0, 0.1) is 0 Å². The Morgan fingerprint density at radius 3 is 2.50 bits per heavy atom. The lowest BCUT2D eigenvalue weighted by atomic mass is 10.0. The molecule has 0 saturated carbocycles. The van der Waals surface area contributed by atoms with Crippen LogP contribution in [0.25, 0.3) is 10.9 Å². The highest BCUT2D eigenvalue weighted by atomic mass is 16.5. The van der Waals surface area contributed by atoms with E-state index in [9.17, 15) is 0 Å². The van der Waals surface area contributed by atoms with Gasteiger partial charge in [0.25, 0.3) is 0 Å². The third kappa shape index (κ3) is 5.35. The molecule has 6 nitrogen and oxygen atoms in total. The monoisotopic (exact) mass is 460 g/mol. The first kappa shape index (κ1) is 23.1. The fourth-order valence-electron chi connectivity index (χ4n) is 5.18. The quantitative estimate of drug-likeness (QED) is 0.538. The Morgan fingerprint density at radius 2 is 1.74 bits per heavy atom. The molecule has 3 heterocycles. The van der Waals surface area contributed by atoms with E-state index in [2.05, 4.69) is 69.7 Å². The molecular formula is C28H36N4O2. The summed E-state index contributed by atoms with van der Waals surface area (Å²) in [5.74, 6) is 2.05. The van der Waals surface area contributed by atoms with Crippen LogP contribution in [0.15, 0.2) is 54.6 Å². The Morgan fingerprint density at radius 1 is 0.971 bits per heavy atom. The largest absolute Gasteiger partial charge is 0.497 e. The first-order valence-electron chi connectivity index (χ1n) is 12.6. The summed E-state index contributed by atoms with van der Waals surface area (Å²) in [5.41, 5.74) is 3.68. The van der Waals surface area contributed by atoms with Gasteiger partial charge in [0.15, 0.2) is 0 Å². The SMILES string of the molecule is COc1ccc(C(CNCc2cc3ccccc3nc2N2CCCCC2)N2CCOCC2)cc1. The fourth-order valence-corrected chi connectivity index (χ4v) is 5.18. The fraction of sp³-hybridized carbons (Fsp3) is 0.464. The zero-order valence-electron chi connectivity index (χ0n) is 20.2. The van der Waals surface area contributed by atoms with Crippen molar-refractivity contribution in [2.45, 2.75) is 31.8 Å². The topological polar surface area (TPSA) is 49.9 Å². The van der Waals surface area contributed by atoms with Crippen molar-refractivity contribution in [2.75, 3.05) is 57.9 Å². The number of methoxy groups -OCH3 is 1. The van der Waals surface area contributed by atoms with Crippen molar-refractivity contribution in [3.05, 3.63) is 65.7 Å². The minimum atomic E-state index is 0.293. The van der Waals surface area contributed by atoms with E-state index in [-0.39, 0.29) is 0 Å². The zero-order valence-corrected chi connectivity index (χ0v) is 20.2. The van der Waals surface area contributed by atoms with Gasteiger partial charge in [0.05, 0.1) is 25.8 Å². The van der Waals surface area contributed by atoms with E-state index in [0.29, 0.717) is 6.04 Å². The molecule has 1 unspecified atom stereocenters. The van der Waals surface area contributed by atoms with Crippen LogP contribution in [0.4, 0.5) is 5.82 Å². The molecule has 1 atom stereocenters. The van der Waals surface area contributed by atoms with E-state index in [0.717, 1.165) is 69.6 Å². The smallest absolute Gasteiger partial charge is 0.133 e. The number of piperidine rings is 1. The summed E-state index contributed by atoms with van der Waals surface area (Å²) in [6, 6.07) is 19.6. The van der Waals surface area contributed by atoms with Crippen molar-refractivity contribution >= 4 is 16.7 Å². The predicted octanol–water partition coefficient (Wildman–Crippen LogP) is 4.40. The minimum Gasteiger partial charge on any atom is -0.497 e. The van der Waals surface area contributed by atoms with Crippen LogP contribution >= 0.6 is 0 Å². The van der Waals surface area contributed by atoms with Gasteiger partial charge in [-0.2, -0.15) is 0 Å². The molecule has 2 aromatic carbocycles. The summed E-state index contributed by atoms with van der Waals surface area (Å²) in [5, 5.41) is 5.00. The van der Waals surface area contributed by atoms with Gasteiger partial charge in [-0.05, 0) is 49.1 Å². The molecule has 1 N–H and O–H groups in total. The van der Waals surface area contributed by atoms with Crippen molar-refractivity contribution in [2.24, 2.45) is 0 Å². The first-order chi connectivity index (χ1) is 16.8. The molecule has 180 valence electrons.